The van der Waals surface area contributed by atoms with Gasteiger partial charge in [0.1, 0.15) is 0 Å². The summed E-state index contributed by atoms with van der Waals surface area (Å²) in [4.78, 5) is 0. The molecule has 1 aromatic heterocycles. The minimum Gasteiger partial charge on any atom is -0.309 e. The molecule has 1 heteroatoms. The third kappa shape index (κ3) is 4.56. The van der Waals surface area contributed by atoms with Gasteiger partial charge < -0.3 is 4.57 Å². The Bertz CT molecular complexity index is 1690. The fourth-order valence-corrected chi connectivity index (χ4v) is 6.52. The van der Waals surface area contributed by atoms with Crippen molar-refractivity contribution < 1.29 is 0 Å². The van der Waals surface area contributed by atoms with Crippen LogP contribution < -0.4 is 0 Å². The zero-order valence-corrected chi connectivity index (χ0v) is 27.4. The van der Waals surface area contributed by atoms with Crippen LogP contribution in [0.15, 0.2) is 115 Å². The lowest BCUT2D eigenvalue weighted by molar-refractivity contribution is 0.748. The van der Waals surface area contributed by atoms with Gasteiger partial charge >= 0.3 is 0 Å². The lowest BCUT2D eigenvalue weighted by Gasteiger charge is -2.39. The van der Waals surface area contributed by atoms with E-state index < -0.39 is 0 Å². The summed E-state index contributed by atoms with van der Waals surface area (Å²) in [6, 6.07) is 42.7. The second-order valence-corrected chi connectivity index (χ2v) is 8.91. The molecular formula is C41H49N. The molecule has 218 valence electrons. The summed E-state index contributed by atoms with van der Waals surface area (Å²) in [7, 11) is 0. The highest BCUT2D eigenvalue weighted by Gasteiger charge is 2.50. The quantitative estimate of drug-likeness (QED) is 0.175. The van der Waals surface area contributed by atoms with Gasteiger partial charge in [-0.3, -0.25) is 0 Å². The Morgan fingerprint density at radius 1 is 0.381 bits per heavy atom. The molecule has 0 atom stereocenters. The largest absolute Gasteiger partial charge is 0.309 e. The zero-order chi connectivity index (χ0) is 30.9. The van der Waals surface area contributed by atoms with E-state index in [9.17, 15) is 0 Å². The van der Waals surface area contributed by atoms with Crippen molar-refractivity contribution in [3.63, 3.8) is 0 Å². The summed E-state index contributed by atoms with van der Waals surface area (Å²) in [6.07, 6.45) is 0. The lowest BCUT2D eigenvalue weighted by atomic mass is 9.65. The first-order chi connectivity index (χ1) is 20.9. The van der Waals surface area contributed by atoms with Gasteiger partial charge in [-0.15, -0.1) is 0 Å². The minimum absolute atomic E-state index is 0.312. The summed E-state index contributed by atoms with van der Waals surface area (Å²) in [5, 5.41) is 2.64. The topological polar surface area (TPSA) is 4.93 Å². The van der Waals surface area contributed by atoms with Crippen LogP contribution in [0.4, 0.5) is 0 Å². The van der Waals surface area contributed by atoms with Crippen molar-refractivity contribution in [3.8, 4) is 16.8 Å². The molecule has 0 N–H and O–H groups in total. The Morgan fingerprint density at radius 2 is 0.810 bits per heavy atom. The van der Waals surface area contributed by atoms with Gasteiger partial charge in [0.25, 0.3) is 0 Å². The van der Waals surface area contributed by atoms with Crippen LogP contribution in [-0.2, 0) is 5.41 Å². The van der Waals surface area contributed by atoms with Gasteiger partial charge in [-0.2, -0.15) is 0 Å². The summed E-state index contributed by atoms with van der Waals surface area (Å²) < 4.78 is 2.49. The molecule has 2 heterocycles. The Morgan fingerprint density at radius 3 is 1.40 bits per heavy atom. The molecule has 1 nitrogen and oxygen atoms in total. The molecule has 0 fully saturated rings. The van der Waals surface area contributed by atoms with Crippen molar-refractivity contribution in [1.29, 1.82) is 0 Å². The van der Waals surface area contributed by atoms with E-state index in [0.717, 1.165) is 0 Å². The second-order valence-electron chi connectivity index (χ2n) is 8.91. The molecule has 0 bridgehead atoms. The van der Waals surface area contributed by atoms with E-state index >= 15 is 0 Å². The number of rotatable bonds is 0. The first-order valence-electron chi connectivity index (χ1n) is 16.2. The van der Waals surface area contributed by atoms with E-state index in [1.54, 1.807) is 0 Å². The third-order valence-electron chi connectivity index (χ3n) is 7.60. The minimum atomic E-state index is -0.312. The monoisotopic (exact) mass is 555 g/mol. The standard InChI is InChI=1S/C31H19N.5C2H6/c1-4-14-24-20(10-1)21-11-2-5-15-25(21)31(24)26-16-6-8-19-29(26)32-28-18-7-3-12-22(28)23-13-9-17-27(31)30(23)32;5*1-2/h1-19H;5*1-2H3. The number of nitrogens with zero attached hydrogens (tertiary/aromatic N) is 1. The van der Waals surface area contributed by atoms with E-state index in [1.807, 2.05) is 69.2 Å². The normalized spacial score (nSPS) is 11.8. The molecule has 0 radical (unpaired) electrons. The van der Waals surface area contributed by atoms with Gasteiger partial charge in [0, 0.05) is 10.8 Å². The number of benzene rings is 5. The predicted molar refractivity (Wildman–Crippen MR) is 188 cm³/mol. The Labute approximate surface area is 254 Å². The highest BCUT2D eigenvalue weighted by atomic mass is 15.0. The van der Waals surface area contributed by atoms with Crippen molar-refractivity contribution in [2.75, 3.05) is 0 Å². The smallest absolute Gasteiger partial charge is 0.0754 e. The highest BCUT2D eigenvalue weighted by molar-refractivity contribution is 6.12. The molecular weight excluding hydrogens is 506 g/mol. The van der Waals surface area contributed by atoms with Crippen LogP contribution >= 0.6 is 0 Å². The Balaban J connectivity index is 0.000000443. The number of fused-ring (bicyclic) bond motifs is 12. The fourth-order valence-electron chi connectivity index (χ4n) is 6.52. The number of hydrogen-bond donors (Lipinski definition) is 0. The van der Waals surface area contributed by atoms with Crippen LogP contribution in [-0.4, -0.2) is 4.57 Å². The molecule has 8 rings (SSSR count). The van der Waals surface area contributed by atoms with E-state index in [4.69, 9.17) is 0 Å². The van der Waals surface area contributed by atoms with Gasteiger partial charge in [0.15, 0.2) is 0 Å². The molecule has 5 aromatic carbocycles. The average molecular weight is 556 g/mol. The van der Waals surface area contributed by atoms with Crippen LogP contribution in [0.5, 0.6) is 0 Å². The van der Waals surface area contributed by atoms with Gasteiger partial charge in [0.2, 0.25) is 0 Å². The van der Waals surface area contributed by atoms with Crippen molar-refractivity contribution in [2.45, 2.75) is 74.7 Å². The maximum atomic E-state index is 2.49. The molecule has 0 saturated heterocycles. The van der Waals surface area contributed by atoms with E-state index in [2.05, 4.69) is 120 Å². The van der Waals surface area contributed by atoms with Gasteiger partial charge in [-0.1, -0.05) is 172 Å². The van der Waals surface area contributed by atoms with Crippen LogP contribution in [0.25, 0.3) is 38.6 Å². The molecule has 0 saturated carbocycles. The van der Waals surface area contributed by atoms with Crippen molar-refractivity contribution >= 4 is 21.8 Å². The zero-order valence-electron chi connectivity index (χ0n) is 27.4. The Kier molecular flexibility index (Phi) is 11.3. The van der Waals surface area contributed by atoms with Crippen molar-refractivity contribution in [1.82, 2.24) is 4.57 Å². The molecule has 1 aliphatic carbocycles. The molecule has 1 spiro atoms. The number of para-hydroxylation sites is 3. The summed E-state index contributed by atoms with van der Waals surface area (Å²) in [6.45, 7) is 20.0. The van der Waals surface area contributed by atoms with Gasteiger partial charge in [-0.05, 0) is 45.5 Å². The SMILES string of the molecule is CC.CC.CC.CC.CC.c1ccc2c(c1)-c1ccccc1C21c2ccccc2-n2c3ccccc3c3cccc1c32. The number of hydrogen-bond acceptors (Lipinski definition) is 0. The molecule has 6 aromatic rings. The van der Waals surface area contributed by atoms with Crippen molar-refractivity contribution in [2.24, 2.45) is 0 Å². The summed E-state index contributed by atoms with van der Waals surface area (Å²) in [5.41, 5.74) is 11.8. The summed E-state index contributed by atoms with van der Waals surface area (Å²) in [5.74, 6) is 0. The Hall–Kier alpha value is -4.10. The van der Waals surface area contributed by atoms with Gasteiger partial charge in [-0.25, -0.2) is 0 Å². The maximum Gasteiger partial charge on any atom is 0.0754 e. The van der Waals surface area contributed by atoms with Crippen LogP contribution in [0.3, 0.4) is 0 Å². The van der Waals surface area contributed by atoms with E-state index in [-0.39, 0.29) is 5.41 Å². The van der Waals surface area contributed by atoms with Gasteiger partial charge in [0.05, 0.1) is 22.1 Å². The highest BCUT2D eigenvalue weighted by Crippen LogP contribution is 2.60. The molecule has 2 aliphatic rings. The van der Waals surface area contributed by atoms with Crippen LogP contribution in [0.2, 0.25) is 0 Å². The van der Waals surface area contributed by atoms with E-state index in [0.29, 0.717) is 0 Å². The fraction of sp³-hybridized carbons (Fsp3) is 0.268. The van der Waals surface area contributed by atoms with Crippen LogP contribution in [0.1, 0.15) is 91.5 Å². The van der Waals surface area contributed by atoms with Crippen LogP contribution in [0, 0.1) is 0 Å². The second kappa shape index (κ2) is 14.7. The molecule has 42 heavy (non-hydrogen) atoms. The molecule has 1 aliphatic heterocycles. The predicted octanol–water partition coefficient (Wildman–Crippen LogP) is 12.6. The first kappa shape index (κ1) is 32.4. The summed E-state index contributed by atoms with van der Waals surface area (Å²) >= 11 is 0. The number of aromatic nitrogens is 1. The average Bonchev–Trinajstić information content (AvgIpc) is 3.60. The van der Waals surface area contributed by atoms with Crippen molar-refractivity contribution in [3.05, 3.63) is 138 Å². The molecule has 0 unspecified atom stereocenters. The maximum absolute atomic E-state index is 2.49. The first-order valence-corrected chi connectivity index (χ1v) is 16.2. The molecule has 0 amide bonds. The third-order valence-corrected chi connectivity index (χ3v) is 7.60. The van der Waals surface area contributed by atoms with E-state index in [1.165, 1.54) is 60.9 Å². The lowest BCUT2D eigenvalue weighted by Crippen LogP contribution is -2.33.